The number of benzene rings is 1. The molecule has 1 rings (SSSR count). The van der Waals surface area contributed by atoms with Crippen LogP contribution in [0.25, 0.3) is 0 Å². The van der Waals surface area contributed by atoms with Gasteiger partial charge >= 0.3 is 0 Å². The molecule has 61 valence electrons. The number of rotatable bonds is 1. The summed E-state index contributed by atoms with van der Waals surface area (Å²) >= 11 is 0. The lowest BCUT2D eigenvalue weighted by molar-refractivity contribution is 0.668. The zero-order valence-electron chi connectivity index (χ0n) is 7.13. The predicted octanol–water partition coefficient (Wildman–Crippen LogP) is 1.56. The van der Waals surface area contributed by atoms with Gasteiger partial charge in [0.2, 0.25) is 0 Å². The van der Waals surface area contributed by atoms with Crippen molar-refractivity contribution in [3.05, 3.63) is 30.3 Å². The van der Waals surface area contributed by atoms with E-state index in [1.807, 2.05) is 12.1 Å². The third-order valence-electron chi connectivity index (χ3n) is 1.49. The zero-order chi connectivity index (χ0) is 8.56. The lowest BCUT2D eigenvalue weighted by atomic mass is 10.4. The Bertz CT molecular complexity index is 297. The van der Waals surface area contributed by atoms with Crippen LogP contribution in [0.5, 0.6) is 0 Å². The highest BCUT2D eigenvalue weighted by Crippen LogP contribution is 2.24. The van der Waals surface area contributed by atoms with E-state index in [2.05, 4.69) is 6.07 Å². The first-order valence-electron chi connectivity index (χ1n) is 3.42. The van der Waals surface area contributed by atoms with E-state index in [-0.39, 0.29) is 0 Å². The lowest BCUT2D eigenvalue weighted by Gasteiger charge is -2.28. The van der Waals surface area contributed by atoms with E-state index >= 15 is 0 Å². The van der Waals surface area contributed by atoms with Gasteiger partial charge in [0.15, 0.2) is 0 Å². The number of hydrogen-bond acceptors (Lipinski definition) is 1. The normalized spacial score (nSPS) is 15.4. The van der Waals surface area contributed by atoms with Crippen molar-refractivity contribution in [2.45, 2.75) is 4.90 Å². The van der Waals surface area contributed by atoms with Gasteiger partial charge in [0.05, 0.1) is 0 Å². The Morgan fingerprint density at radius 2 is 1.64 bits per heavy atom. The van der Waals surface area contributed by atoms with Crippen LogP contribution in [0.4, 0.5) is 0 Å². The highest BCUT2D eigenvalue weighted by molar-refractivity contribution is 8.18. The second-order valence-electron chi connectivity index (χ2n) is 3.66. The van der Waals surface area contributed by atoms with E-state index in [1.54, 1.807) is 30.9 Å². The Morgan fingerprint density at radius 3 is 1.91 bits per heavy atom. The Labute approximate surface area is 67.8 Å². The SMILES string of the molecule is CS(C)(C)(=O)c1cc[c]cc1. The molecule has 0 fully saturated rings. The van der Waals surface area contributed by atoms with Crippen molar-refractivity contribution in [3.63, 3.8) is 0 Å². The molecule has 1 aromatic rings. The van der Waals surface area contributed by atoms with Gasteiger partial charge in [-0.2, -0.15) is 0 Å². The molecule has 0 atom stereocenters. The first kappa shape index (κ1) is 8.47. The van der Waals surface area contributed by atoms with Gasteiger partial charge in [-0.15, -0.1) is 0 Å². The molecule has 1 radical (unpaired) electrons. The van der Waals surface area contributed by atoms with Crippen molar-refractivity contribution in [2.75, 3.05) is 18.8 Å². The summed E-state index contributed by atoms with van der Waals surface area (Å²) in [6.45, 7) is 0. The summed E-state index contributed by atoms with van der Waals surface area (Å²) in [6, 6.07) is 10.2. The minimum Gasteiger partial charge on any atom is -0.278 e. The molecule has 0 aliphatic rings. The summed E-state index contributed by atoms with van der Waals surface area (Å²) in [5.74, 6) is 0. The third-order valence-corrected chi connectivity index (χ3v) is 3.37. The summed E-state index contributed by atoms with van der Waals surface area (Å²) in [4.78, 5) is 0.903. The van der Waals surface area contributed by atoms with Crippen LogP contribution >= 0.6 is 0 Å². The van der Waals surface area contributed by atoms with E-state index in [0.717, 1.165) is 4.90 Å². The van der Waals surface area contributed by atoms with Crippen molar-refractivity contribution in [1.29, 1.82) is 0 Å². The van der Waals surface area contributed by atoms with Crippen molar-refractivity contribution >= 4 is 9.07 Å². The van der Waals surface area contributed by atoms with Gasteiger partial charge in [0, 0.05) is 4.90 Å². The molecule has 0 N–H and O–H groups in total. The Hall–Kier alpha value is -0.630. The summed E-state index contributed by atoms with van der Waals surface area (Å²) in [6.07, 6.45) is 5.35. The lowest BCUT2D eigenvalue weighted by Crippen LogP contribution is -2.27. The summed E-state index contributed by atoms with van der Waals surface area (Å²) in [7, 11) is -2.53. The quantitative estimate of drug-likeness (QED) is 0.623. The molecule has 0 aliphatic carbocycles. The van der Waals surface area contributed by atoms with Gasteiger partial charge in [-0.05, 0) is 37.0 Å². The molecule has 0 heterocycles. The van der Waals surface area contributed by atoms with Gasteiger partial charge in [-0.3, -0.25) is 4.21 Å². The average molecular weight is 169 g/mol. The average Bonchev–Trinajstić information content (AvgIpc) is 1.86. The van der Waals surface area contributed by atoms with E-state index in [9.17, 15) is 4.21 Å². The number of hydrogen-bond donors (Lipinski definition) is 0. The zero-order valence-corrected chi connectivity index (χ0v) is 7.94. The fourth-order valence-electron chi connectivity index (χ4n) is 0.835. The largest absolute Gasteiger partial charge is 0.278 e. The molecule has 0 saturated carbocycles. The molecule has 0 bridgehead atoms. The molecule has 0 spiro atoms. The van der Waals surface area contributed by atoms with Crippen LogP contribution < -0.4 is 0 Å². The molecule has 0 unspecified atom stereocenters. The van der Waals surface area contributed by atoms with Crippen molar-refractivity contribution < 1.29 is 4.21 Å². The molecule has 2 heteroatoms. The molecular formula is C9H13OS. The highest BCUT2D eigenvalue weighted by Gasteiger charge is 2.19. The Morgan fingerprint density at radius 1 is 1.18 bits per heavy atom. The van der Waals surface area contributed by atoms with Gasteiger partial charge in [-0.1, -0.05) is 21.2 Å². The van der Waals surface area contributed by atoms with Crippen molar-refractivity contribution in [1.82, 2.24) is 0 Å². The standard InChI is InChI=1S/C9H13OS/c1-11(2,3,10)9-7-5-4-6-8-9/h5-8H,1-3H3. The maximum absolute atomic E-state index is 12.0. The minimum atomic E-state index is -2.53. The predicted molar refractivity (Wildman–Crippen MR) is 49.5 cm³/mol. The summed E-state index contributed by atoms with van der Waals surface area (Å²) < 4.78 is 12.0. The molecule has 1 nitrogen and oxygen atoms in total. The molecule has 0 aliphatic heterocycles. The Balaban J connectivity index is 3.26. The fourth-order valence-corrected chi connectivity index (χ4v) is 1.90. The summed E-state index contributed by atoms with van der Waals surface area (Å²) in [5.41, 5.74) is 0. The van der Waals surface area contributed by atoms with Crippen LogP contribution in [0.2, 0.25) is 0 Å². The minimum absolute atomic E-state index is 0.903. The van der Waals surface area contributed by atoms with Gasteiger partial charge < -0.3 is 0 Å². The smallest absolute Gasteiger partial charge is 0.0165 e. The summed E-state index contributed by atoms with van der Waals surface area (Å²) in [5, 5.41) is 0. The molecule has 0 amide bonds. The maximum Gasteiger partial charge on any atom is 0.0165 e. The fraction of sp³-hybridized carbons (Fsp3) is 0.333. The van der Waals surface area contributed by atoms with Gasteiger partial charge in [0.1, 0.15) is 0 Å². The molecule has 1 aromatic carbocycles. The maximum atomic E-state index is 12.0. The van der Waals surface area contributed by atoms with Crippen LogP contribution in [-0.4, -0.2) is 23.0 Å². The van der Waals surface area contributed by atoms with Gasteiger partial charge in [-0.25, -0.2) is 0 Å². The third kappa shape index (κ3) is 2.15. The Kier molecular flexibility index (Phi) is 1.67. The van der Waals surface area contributed by atoms with Crippen molar-refractivity contribution in [3.8, 4) is 0 Å². The monoisotopic (exact) mass is 169 g/mol. The van der Waals surface area contributed by atoms with E-state index in [4.69, 9.17) is 0 Å². The van der Waals surface area contributed by atoms with Crippen LogP contribution in [0.3, 0.4) is 0 Å². The van der Waals surface area contributed by atoms with Crippen LogP contribution in [0.15, 0.2) is 29.2 Å². The first-order chi connectivity index (χ1) is 4.86. The topological polar surface area (TPSA) is 17.1 Å². The molecule has 11 heavy (non-hydrogen) atoms. The second-order valence-corrected chi connectivity index (χ2v) is 8.97. The van der Waals surface area contributed by atoms with Crippen LogP contribution in [-0.2, 0) is 9.07 Å². The molecule has 0 saturated heterocycles. The first-order valence-corrected chi connectivity index (χ1v) is 6.61. The highest BCUT2D eigenvalue weighted by atomic mass is 32.3. The second kappa shape index (κ2) is 2.18. The molecular weight excluding hydrogens is 156 g/mol. The van der Waals surface area contributed by atoms with Crippen molar-refractivity contribution in [2.24, 2.45) is 0 Å². The molecule has 0 aromatic heterocycles. The van der Waals surface area contributed by atoms with E-state index in [0.29, 0.717) is 0 Å². The van der Waals surface area contributed by atoms with Gasteiger partial charge in [0.25, 0.3) is 0 Å². The van der Waals surface area contributed by atoms with E-state index in [1.165, 1.54) is 0 Å². The van der Waals surface area contributed by atoms with Crippen LogP contribution in [0.1, 0.15) is 0 Å². The van der Waals surface area contributed by atoms with Crippen LogP contribution in [0, 0.1) is 6.07 Å². The van der Waals surface area contributed by atoms with E-state index < -0.39 is 9.07 Å².